The first-order chi connectivity index (χ1) is 11.5. The summed E-state index contributed by atoms with van der Waals surface area (Å²) in [5.41, 5.74) is 1.60. The van der Waals surface area contributed by atoms with Crippen molar-refractivity contribution < 1.29 is 14.3 Å². The SMILES string of the molecule is Cc1nc(C)c(CC(=O)NCc2ccc3c(c2)OCCO3)c(=O)[nH]1. The first-order valence-electron chi connectivity index (χ1n) is 7.74. The lowest BCUT2D eigenvalue weighted by atomic mass is 10.1. The van der Waals surface area contributed by atoms with Crippen molar-refractivity contribution in [3.05, 3.63) is 51.2 Å². The van der Waals surface area contributed by atoms with Crippen LogP contribution in [0.4, 0.5) is 0 Å². The van der Waals surface area contributed by atoms with Gasteiger partial charge in [0.25, 0.3) is 5.56 Å². The fourth-order valence-corrected chi connectivity index (χ4v) is 2.58. The van der Waals surface area contributed by atoms with Crippen molar-refractivity contribution in [1.29, 1.82) is 0 Å². The summed E-state index contributed by atoms with van der Waals surface area (Å²) in [5, 5.41) is 2.81. The number of carbonyl (C=O) groups excluding carboxylic acids is 1. The first kappa shape index (κ1) is 16.0. The minimum Gasteiger partial charge on any atom is -0.486 e. The van der Waals surface area contributed by atoms with Crippen molar-refractivity contribution in [2.75, 3.05) is 13.2 Å². The van der Waals surface area contributed by atoms with Crippen LogP contribution in [-0.2, 0) is 17.8 Å². The van der Waals surface area contributed by atoms with Gasteiger partial charge in [-0.15, -0.1) is 0 Å². The Labute approximate surface area is 139 Å². The number of amides is 1. The molecule has 2 aromatic rings. The zero-order chi connectivity index (χ0) is 17.1. The number of H-pyrrole nitrogens is 1. The standard InChI is InChI=1S/C17H19N3O4/c1-10-13(17(22)20-11(2)19-10)8-16(21)18-9-12-3-4-14-15(7-12)24-6-5-23-14/h3-4,7H,5-6,8-9H2,1-2H3,(H,18,21)(H,19,20,22). The smallest absolute Gasteiger partial charge is 0.254 e. The molecule has 0 spiro atoms. The number of rotatable bonds is 4. The molecule has 0 bridgehead atoms. The highest BCUT2D eigenvalue weighted by molar-refractivity contribution is 5.78. The van der Waals surface area contributed by atoms with Crippen LogP contribution in [0.3, 0.4) is 0 Å². The number of ether oxygens (including phenoxy) is 2. The fourth-order valence-electron chi connectivity index (χ4n) is 2.58. The predicted molar refractivity (Wildman–Crippen MR) is 87.3 cm³/mol. The Kier molecular flexibility index (Phi) is 4.50. The summed E-state index contributed by atoms with van der Waals surface area (Å²) in [6.07, 6.45) is -0.000994. The largest absolute Gasteiger partial charge is 0.486 e. The van der Waals surface area contributed by atoms with Crippen LogP contribution < -0.4 is 20.3 Å². The van der Waals surface area contributed by atoms with Crippen molar-refractivity contribution in [3.8, 4) is 11.5 Å². The highest BCUT2D eigenvalue weighted by Gasteiger charge is 2.14. The number of carbonyl (C=O) groups is 1. The summed E-state index contributed by atoms with van der Waals surface area (Å²) in [6.45, 7) is 4.85. The number of hydrogen-bond donors (Lipinski definition) is 2. The molecule has 0 saturated heterocycles. The van der Waals surface area contributed by atoms with Crippen molar-refractivity contribution >= 4 is 5.91 Å². The predicted octanol–water partition coefficient (Wildman–Crippen LogP) is 1.02. The molecule has 2 N–H and O–H groups in total. The Morgan fingerprint density at radius 1 is 1.25 bits per heavy atom. The molecular formula is C17H19N3O4. The van der Waals surface area contributed by atoms with Gasteiger partial charge in [-0.1, -0.05) is 6.07 Å². The average molecular weight is 329 g/mol. The zero-order valence-corrected chi connectivity index (χ0v) is 13.6. The lowest BCUT2D eigenvalue weighted by molar-refractivity contribution is -0.120. The third-order valence-electron chi connectivity index (χ3n) is 3.77. The minimum atomic E-state index is -0.269. The summed E-state index contributed by atoms with van der Waals surface area (Å²) in [6, 6.07) is 5.55. The Balaban J connectivity index is 1.63. The highest BCUT2D eigenvalue weighted by atomic mass is 16.6. The van der Waals surface area contributed by atoms with Gasteiger partial charge in [0.1, 0.15) is 19.0 Å². The van der Waals surface area contributed by atoms with E-state index in [1.54, 1.807) is 13.8 Å². The van der Waals surface area contributed by atoms with Crippen LogP contribution in [0.5, 0.6) is 11.5 Å². The molecule has 1 aliphatic rings. The van der Waals surface area contributed by atoms with Crippen LogP contribution in [-0.4, -0.2) is 29.1 Å². The van der Waals surface area contributed by atoms with Gasteiger partial charge >= 0.3 is 0 Å². The van der Waals surface area contributed by atoms with E-state index in [2.05, 4.69) is 15.3 Å². The van der Waals surface area contributed by atoms with Gasteiger partial charge in [-0.25, -0.2) is 4.98 Å². The lowest BCUT2D eigenvalue weighted by Crippen LogP contribution is -2.29. The quantitative estimate of drug-likeness (QED) is 0.873. The second kappa shape index (κ2) is 6.74. The molecule has 24 heavy (non-hydrogen) atoms. The topological polar surface area (TPSA) is 93.3 Å². The molecule has 1 aromatic heterocycles. The molecule has 7 heteroatoms. The van der Waals surface area contributed by atoms with Crippen molar-refractivity contribution in [3.63, 3.8) is 0 Å². The van der Waals surface area contributed by atoms with E-state index >= 15 is 0 Å². The molecule has 0 aliphatic carbocycles. The second-order valence-electron chi connectivity index (χ2n) is 5.65. The van der Waals surface area contributed by atoms with E-state index < -0.39 is 0 Å². The van der Waals surface area contributed by atoms with Crippen LogP contribution in [0.2, 0.25) is 0 Å². The summed E-state index contributed by atoms with van der Waals surface area (Å²) in [5.74, 6) is 1.70. The van der Waals surface area contributed by atoms with Gasteiger partial charge in [0.05, 0.1) is 6.42 Å². The van der Waals surface area contributed by atoms with Gasteiger partial charge in [0.2, 0.25) is 5.91 Å². The molecule has 0 unspecified atom stereocenters. The van der Waals surface area contributed by atoms with Gasteiger partial charge in [0, 0.05) is 17.8 Å². The Bertz CT molecular complexity index is 829. The van der Waals surface area contributed by atoms with Gasteiger partial charge in [0.15, 0.2) is 11.5 Å². The van der Waals surface area contributed by atoms with Gasteiger partial charge in [-0.3, -0.25) is 9.59 Å². The monoisotopic (exact) mass is 329 g/mol. The molecule has 7 nitrogen and oxygen atoms in total. The average Bonchev–Trinajstić information content (AvgIpc) is 2.56. The van der Waals surface area contributed by atoms with Crippen molar-refractivity contribution in [2.45, 2.75) is 26.8 Å². The Hall–Kier alpha value is -2.83. The number of aryl methyl sites for hydroxylation is 2. The number of fused-ring (bicyclic) bond motifs is 1. The maximum absolute atomic E-state index is 12.1. The van der Waals surface area contributed by atoms with E-state index in [1.807, 2.05) is 18.2 Å². The minimum absolute atomic E-state index is 0.000994. The van der Waals surface area contributed by atoms with E-state index in [0.29, 0.717) is 48.3 Å². The molecule has 126 valence electrons. The van der Waals surface area contributed by atoms with Gasteiger partial charge < -0.3 is 19.8 Å². The van der Waals surface area contributed by atoms with Crippen LogP contribution in [0, 0.1) is 13.8 Å². The third-order valence-corrected chi connectivity index (χ3v) is 3.77. The van der Waals surface area contributed by atoms with Crippen molar-refractivity contribution in [2.24, 2.45) is 0 Å². The summed E-state index contributed by atoms with van der Waals surface area (Å²) >= 11 is 0. The Morgan fingerprint density at radius 2 is 2.00 bits per heavy atom. The summed E-state index contributed by atoms with van der Waals surface area (Å²) in [4.78, 5) is 30.8. The van der Waals surface area contributed by atoms with Crippen LogP contribution in [0.15, 0.2) is 23.0 Å². The number of aromatic nitrogens is 2. The molecule has 1 aromatic carbocycles. The molecule has 1 amide bonds. The molecule has 0 saturated carbocycles. The first-order valence-corrected chi connectivity index (χ1v) is 7.74. The van der Waals surface area contributed by atoms with E-state index in [9.17, 15) is 9.59 Å². The van der Waals surface area contributed by atoms with E-state index in [-0.39, 0.29) is 17.9 Å². The van der Waals surface area contributed by atoms with E-state index in [1.165, 1.54) is 0 Å². The molecule has 1 aliphatic heterocycles. The molecule has 0 fully saturated rings. The number of nitrogens with zero attached hydrogens (tertiary/aromatic N) is 1. The van der Waals surface area contributed by atoms with Gasteiger partial charge in [-0.2, -0.15) is 0 Å². The van der Waals surface area contributed by atoms with Crippen LogP contribution in [0.1, 0.15) is 22.6 Å². The maximum Gasteiger partial charge on any atom is 0.254 e. The zero-order valence-electron chi connectivity index (χ0n) is 13.6. The molecule has 0 atom stereocenters. The van der Waals surface area contributed by atoms with Crippen LogP contribution in [0.25, 0.3) is 0 Å². The van der Waals surface area contributed by atoms with Crippen molar-refractivity contribution in [1.82, 2.24) is 15.3 Å². The lowest BCUT2D eigenvalue weighted by Gasteiger charge is -2.19. The normalized spacial score (nSPS) is 12.8. The highest BCUT2D eigenvalue weighted by Crippen LogP contribution is 2.30. The fraction of sp³-hybridized carbons (Fsp3) is 0.353. The molecular weight excluding hydrogens is 310 g/mol. The second-order valence-corrected chi connectivity index (χ2v) is 5.65. The number of aromatic amines is 1. The van der Waals surface area contributed by atoms with E-state index in [0.717, 1.165) is 5.56 Å². The van der Waals surface area contributed by atoms with Crippen LogP contribution >= 0.6 is 0 Å². The summed E-state index contributed by atoms with van der Waals surface area (Å²) in [7, 11) is 0. The maximum atomic E-state index is 12.1. The number of nitrogens with one attached hydrogen (secondary N) is 2. The molecule has 3 rings (SSSR count). The Morgan fingerprint density at radius 3 is 2.75 bits per heavy atom. The molecule has 2 heterocycles. The summed E-state index contributed by atoms with van der Waals surface area (Å²) < 4.78 is 11.0. The number of hydrogen-bond acceptors (Lipinski definition) is 5. The third kappa shape index (κ3) is 3.56. The molecule has 0 radical (unpaired) electrons. The number of benzene rings is 1. The van der Waals surface area contributed by atoms with Gasteiger partial charge in [-0.05, 0) is 31.5 Å². The van der Waals surface area contributed by atoms with E-state index in [4.69, 9.17) is 9.47 Å².